The van der Waals surface area contributed by atoms with Crippen LogP contribution in [0.4, 0.5) is 11.4 Å². The summed E-state index contributed by atoms with van der Waals surface area (Å²) in [6, 6.07) is 3.77. The second kappa shape index (κ2) is 6.36. The van der Waals surface area contributed by atoms with Gasteiger partial charge in [0.05, 0.1) is 15.1 Å². The van der Waals surface area contributed by atoms with Crippen molar-refractivity contribution in [1.82, 2.24) is 4.98 Å². The molecule has 2 rings (SSSR count). The fraction of sp³-hybridized carbons (Fsp3) is 0.500. The highest BCUT2D eigenvalue weighted by molar-refractivity contribution is 7.16. The number of fused-ring (bicyclic) bond motifs is 1. The molecular weight excluding hydrogens is 288 g/mol. The zero-order valence-electron chi connectivity index (χ0n) is 12.4. The minimum Gasteiger partial charge on any atom is -0.369 e. The van der Waals surface area contributed by atoms with Crippen LogP contribution in [0.15, 0.2) is 17.6 Å². The van der Waals surface area contributed by atoms with Crippen LogP contribution in [0.1, 0.15) is 20.3 Å². The van der Waals surface area contributed by atoms with E-state index in [0.717, 1.165) is 11.1 Å². The molecule has 0 bridgehead atoms. The van der Waals surface area contributed by atoms with Crippen molar-refractivity contribution in [2.45, 2.75) is 26.3 Å². The second-order valence-corrected chi connectivity index (χ2v) is 6.39. The lowest BCUT2D eigenvalue weighted by Gasteiger charge is -2.23. The fourth-order valence-electron chi connectivity index (χ4n) is 2.19. The number of nitro groups is 1. The van der Waals surface area contributed by atoms with Gasteiger partial charge in [-0.2, -0.15) is 0 Å². The summed E-state index contributed by atoms with van der Waals surface area (Å²) >= 11 is 1.41. The monoisotopic (exact) mass is 308 g/mol. The van der Waals surface area contributed by atoms with Gasteiger partial charge < -0.3 is 10.6 Å². The third kappa shape index (κ3) is 3.30. The van der Waals surface area contributed by atoms with E-state index < -0.39 is 0 Å². The molecule has 1 heterocycles. The van der Waals surface area contributed by atoms with Crippen LogP contribution in [-0.2, 0) is 0 Å². The molecule has 1 aromatic heterocycles. The SMILES string of the molecule is CC(C)C(N)CCN(C)c1ccc2scnc2c1[N+](=O)[O-]. The minimum atomic E-state index is -0.351. The number of anilines is 1. The molecule has 0 radical (unpaired) electrons. The van der Waals surface area contributed by atoms with Crippen LogP contribution >= 0.6 is 11.3 Å². The molecule has 0 aliphatic carbocycles. The maximum Gasteiger partial charge on any atom is 0.319 e. The van der Waals surface area contributed by atoms with Crippen molar-refractivity contribution in [3.05, 3.63) is 27.8 Å². The van der Waals surface area contributed by atoms with E-state index in [0.29, 0.717) is 23.7 Å². The van der Waals surface area contributed by atoms with Gasteiger partial charge in [0, 0.05) is 19.6 Å². The molecule has 114 valence electrons. The Morgan fingerprint density at radius 3 is 2.81 bits per heavy atom. The number of hydrogen-bond donors (Lipinski definition) is 1. The zero-order valence-corrected chi connectivity index (χ0v) is 13.3. The predicted molar refractivity (Wildman–Crippen MR) is 87.0 cm³/mol. The Morgan fingerprint density at radius 2 is 2.19 bits per heavy atom. The lowest BCUT2D eigenvalue weighted by Crippen LogP contribution is -2.32. The van der Waals surface area contributed by atoms with E-state index in [9.17, 15) is 10.1 Å². The molecule has 1 aromatic carbocycles. The van der Waals surface area contributed by atoms with E-state index in [1.54, 1.807) is 11.6 Å². The topological polar surface area (TPSA) is 85.3 Å². The lowest BCUT2D eigenvalue weighted by molar-refractivity contribution is -0.382. The highest BCUT2D eigenvalue weighted by Crippen LogP contribution is 2.36. The quantitative estimate of drug-likeness (QED) is 0.655. The fourth-order valence-corrected chi connectivity index (χ4v) is 2.87. The van der Waals surface area contributed by atoms with Gasteiger partial charge in [-0.25, -0.2) is 4.98 Å². The molecule has 7 heteroatoms. The predicted octanol–water partition coefficient (Wildman–Crippen LogP) is 3.01. The Hall–Kier alpha value is -1.73. The van der Waals surface area contributed by atoms with Crippen molar-refractivity contribution < 1.29 is 4.92 Å². The average Bonchev–Trinajstić information content (AvgIpc) is 2.90. The highest BCUT2D eigenvalue weighted by atomic mass is 32.1. The maximum atomic E-state index is 11.4. The van der Waals surface area contributed by atoms with E-state index in [1.807, 2.05) is 18.0 Å². The maximum absolute atomic E-state index is 11.4. The summed E-state index contributed by atoms with van der Waals surface area (Å²) in [7, 11) is 1.85. The number of aromatic nitrogens is 1. The molecule has 0 saturated heterocycles. The third-order valence-electron chi connectivity index (χ3n) is 3.70. The van der Waals surface area contributed by atoms with E-state index in [1.165, 1.54) is 11.3 Å². The van der Waals surface area contributed by atoms with Crippen LogP contribution in [0.3, 0.4) is 0 Å². The van der Waals surface area contributed by atoms with Crippen LogP contribution in [-0.4, -0.2) is 29.5 Å². The standard InChI is InChI=1S/C14H20N4O2S/c1-9(2)10(15)6-7-17(3)11-4-5-12-13(16-8-21-12)14(11)18(19)20/h4-5,8-10H,6-7,15H2,1-3H3. The van der Waals surface area contributed by atoms with E-state index in [-0.39, 0.29) is 16.7 Å². The summed E-state index contributed by atoms with van der Waals surface area (Å²) in [5.74, 6) is 0.398. The highest BCUT2D eigenvalue weighted by Gasteiger charge is 2.23. The molecule has 2 N–H and O–H groups in total. The first-order chi connectivity index (χ1) is 9.91. The number of benzene rings is 1. The van der Waals surface area contributed by atoms with Gasteiger partial charge in [0.15, 0.2) is 5.52 Å². The number of thiazole rings is 1. The Bertz CT molecular complexity index is 641. The third-order valence-corrected chi connectivity index (χ3v) is 4.50. The number of hydrogen-bond acceptors (Lipinski definition) is 6. The summed E-state index contributed by atoms with van der Waals surface area (Å²) in [6.45, 7) is 4.83. The molecule has 1 atom stereocenters. The average molecular weight is 308 g/mol. The van der Waals surface area contributed by atoms with Crippen LogP contribution < -0.4 is 10.6 Å². The molecule has 21 heavy (non-hydrogen) atoms. The Labute approximate surface area is 127 Å². The van der Waals surface area contributed by atoms with Crippen molar-refractivity contribution in [2.75, 3.05) is 18.5 Å². The number of nitrogens with two attached hydrogens (primary N) is 1. The number of nitrogens with zero attached hydrogens (tertiary/aromatic N) is 3. The van der Waals surface area contributed by atoms with Gasteiger partial charge in [-0.05, 0) is 24.5 Å². The summed E-state index contributed by atoms with van der Waals surface area (Å²) < 4.78 is 0.831. The first kappa shape index (κ1) is 15.7. The van der Waals surface area contributed by atoms with Gasteiger partial charge in [0.2, 0.25) is 0 Å². The van der Waals surface area contributed by atoms with E-state index in [2.05, 4.69) is 18.8 Å². The zero-order chi connectivity index (χ0) is 15.6. The molecule has 0 fully saturated rings. The molecule has 1 unspecified atom stereocenters. The van der Waals surface area contributed by atoms with E-state index in [4.69, 9.17) is 5.73 Å². The van der Waals surface area contributed by atoms with Crippen LogP contribution in [0, 0.1) is 16.0 Å². The molecular formula is C14H20N4O2S. The molecule has 0 aliphatic rings. The summed E-state index contributed by atoms with van der Waals surface area (Å²) in [5, 5.41) is 11.4. The molecule has 0 saturated carbocycles. The molecule has 0 aliphatic heterocycles. The molecule has 0 spiro atoms. The number of nitro benzene ring substituents is 1. The van der Waals surface area contributed by atoms with E-state index >= 15 is 0 Å². The summed E-state index contributed by atoms with van der Waals surface area (Å²) in [5.41, 5.74) is 8.81. The Kier molecular flexibility index (Phi) is 4.74. The van der Waals surface area contributed by atoms with Crippen LogP contribution in [0.2, 0.25) is 0 Å². The molecule has 6 nitrogen and oxygen atoms in total. The van der Waals surface area contributed by atoms with Gasteiger partial charge in [-0.3, -0.25) is 10.1 Å². The van der Waals surface area contributed by atoms with Gasteiger partial charge in [-0.1, -0.05) is 13.8 Å². The number of rotatable bonds is 6. The Balaban J connectivity index is 2.28. The minimum absolute atomic E-state index is 0.0781. The van der Waals surface area contributed by atoms with Gasteiger partial charge >= 0.3 is 5.69 Å². The van der Waals surface area contributed by atoms with Crippen molar-refractivity contribution in [1.29, 1.82) is 0 Å². The molecule has 2 aromatic rings. The van der Waals surface area contributed by atoms with Crippen LogP contribution in [0.5, 0.6) is 0 Å². The van der Waals surface area contributed by atoms with Crippen LogP contribution in [0.25, 0.3) is 10.2 Å². The summed E-state index contributed by atoms with van der Waals surface area (Å²) in [6.07, 6.45) is 0.792. The van der Waals surface area contributed by atoms with Crippen molar-refractivity contribution in [3.63, 3.8) is 0 Å². The smallest absolute Gasteiger partial charge is 0.319 e. The second-order valence-electron chi connectivity index (χ2n) is 5.51. The first-order valence-electron chi connectivity index (χ1n) is 6.89. The molecule has 0 amide bonds. The van der Waals surface area contributed by atoms with Crippen molar-refractivity contribution in [3.8, 4) is 0 Å². The Morgan fingerprint density at radius 1 is 1.48 bits per heavy atom. The summed E-state index contributed by atoms with van der Waals surface area (Å²) in [4.78, 5) is 17.1. The van der Waals surface area contributed by atoms with Gasteiger partial charge in [0.1, 0.15) is 5.69 Å². The van der Waals surface area contributed by atoms with Gasteiger partial charge in [-0.15, -0.1) is 11.3 Å². The largest absolute Gasteiger partial charge is 0.369 e. The first-order valence-corrected chi connectivity index (χ1v) is 7.77. The van der Waals surface area contributed by atoms with Crippen molar-refractivity contribution in [2.24, 2.45) is 11.7 Å². The lowest BCUT2D eigenvalue weighted by atomic mass is 10.0. The normalized spacial score (nSPS) is 12.8. The van der Waals surface area contributed by atoms with Crippen molar-refractivity contribution >= 4 is 32.9 Å². The van der Waals surface area contributed by atoms with Gasteiger partial charge in [0.25, 0.3) is 0 Å².